The van der Waals surface area contributed by atoms with Crippen molar-refractivity contribution in [1.29, 1.82) is 0 Å². The van der Waals surface area contributed by atoms with Crippen LogP contribution in [0.15, 0.2) is 48.5 Å². The Balaban J connectivity index is 1.89. The number of anilines is 2. The van der Waals surface area contributed by atoms with Crippen molar-refractivity contribution in [3.05, 3.63) is 54.1 Å². The van der Waals surface area contributed by atoms with E-state index in [1.54, 1.807) is 48.5 Å². The molecule has 100 valence electrons. The maximum atomic E-state index is 11.7. The quantitative estimate of drug-likeness (QED) is 0.659. The molecule has 0 bridgehead atoms. The van der Waals surface area contributed by atoms with Gasteiger partial charge in [-0.3, -0.25) is 4.79 Å². The Bertz CT molecular complexity index is 642. The topological polar surface area (TPSA) is 64.3 Å². The van der Waals surface area contributed by atoms with Gasteiger partial charge in [0.15, 0.2) is 6.61 Å². The van der Waals surface area contributed by atoms with Crippen LogP contribution in [0.5, 0.6) is 5.75 Å². The zero-order valence-corrected chi connectivity index (χ0v) is 10.8. The first-order valence-corrected chi connectivity index (χ1v) is 6.02. The van der Waals surface area contributed by atoms with Crippen molar-refractivity contribution in [3.63, 3.8) is 0 Å². The summed E-state index contributed by atoms with van der Waals surface area (Å²) in [5.41, 5.74) is 7.56. The molecule has 2 rings (SSSR count). The summed E-state index contributed by atoms with van der Waals surface area (Å²) < 4.78 is 5.34. The van der Waals surface area contributed by atoms with Gasteiger partial charge in [-0.25, -0.2) is 0 Å². The first-order valence-electron chi connectivity index (χ1n) is 6.02. The van der Waals surface area contributed by atoms with Gasteiger partial charge in [0, 0.05) is 16.9 Å². The molecule has 0 fully saturated rings. The SMILES string of the molecule is C#Cc1cccc(NC(=O)COc2ccc(N)cc2)c1. The fraction of sp³-hybridized carbons (Fsp3) is 0.0625. The second-order valence-electron chi connectivity index (χ2n) is 4.13. The van der Waals surface area contributed by atoms with Gasteiger partial charge in [0.2, 0.25) is 0 Å². The van der Waals surface area contributed by atoms with Gasteiger partial charge in [0.25, 0.3) is 5.91 Å². The summed E-state index contributed by atoms with van der Waals surface area (Å²) in [5.74, 6) is 2.85. The number of benzene rings is 2. The van der Waals surface area contributed by atoms with Crippen LogP contribution >= 0.6 is 0 Å². The lowest BCUT2D eigenvalue weighted by Gasteiger charge is -2.08. The molecule has 2 aromatic rings. The van der Waals surface area contributed by atoms with E-state index in [0.717, 1.165) is 0 Å². The Hall–Kier alpha value is -2.93. The minimum absolute atomic E-state index is 0.0792. The number of rotatable bonds is 4. The summed E-state index contributed by atoms with van der Waals surface area (Å²) in [6.45, 7) is -0.0792. The molecule has 0 radical (unpaired) electrons. The Morgan fingerprint density at radius 1 is 1.25 bits per heavy atom. The number of hydrogen-bond acceptors (Lipinski definition) is 3. The third-order valence-corrected chi connectivity index (χ3v) is 2.56. The maximum Gasteiger partial charge on any atom is 0.262 e. The number of hydrogen-bond donors (Lipinski definition) is 2. The van der Waals surface area contributed by atoms with Crippen molar-refractivity contribution in [3.8, 4) is 18.1 Å². The molecule has 0 aliphatic rings. The number of amides is 1. The van der Waals surface area contributed by atoms with E-state index in [-0.39, 0.29) is 12.5 Å². The summed E-state index contributed by atoms with van der Waals surface area (Å²) in [4.78, 5) is 11.7. The predicted molar refractivity (Wildman–Crippen MR) is 79.4 cm³/mol. The maximum absolute atomic E-state index is 11.7. The highest BCUT2D eigenvalue weighted by atomic mass is 16.5. The molecule has 0 saturated heterocycles. The van der Waals surface area contributed by atoms with E-state index in [1.807, 2.05) is 0 Å². The number of carbonyl (C=O) groups excluding carboxylic acids is 1. The van der Waals surface area contributed by atoms with Crippen molar-refractivity contribution in [2.45, 2.75) is 0 Å². The number of nitrogens with two attached hydrogens (primary N) is 1. The van der Waals surface area contributed by atoms with Crippen molar-refractivity contribution in [2.24, 2.45) is 0 Å². The lowest BCUT2D eigenvalue weighted by atomic mass is 10.2. The summed E-state index contributed by atoms with van der Waals surface area (Å²) in [6, 6.07) is 13.9. The standard InChI is InChI=1S/C16H14N2O2/c1-2-12-4-3-5-14(10-12)18-16(19)11-20-15-8-6-13(17)7-9-15/h1,3-10H,11,17H2,(H,18,19). The van der Waals surface area contributed by atoms with E-state index in [4.69, 9.17) is 16.9 Å². The average Bonchev–Trinajstić information content (AvgIpc) is 2.47. The van der Waals surface area contributed by atoms with Gasteiger partial charge in [-0.1, -0.05) is 12.0 Å². The summed E-state index contributed by atoms with van der Waals surface area (Å²) in [7, 11) is 0. The van der Waals surface area contributed by atoms with Crippen molar-refractivity contribution < 1.29 is 9.53 Å². The van der Waals surface area contributed by atoms with Crippen molar-refractivity contribution in [1.82, 2.24) is 0 Å². The summed E-state index contributed by atoms with van der Waals surface area (Å²) in [6.07, 6.45) is 5.30. The van der Waals surface area contributed by atoms with Crippen LogP contribution in [0, 0.1) is 12.3 Å². The highest BCUT2D eigenvalue weighted by molar-refractivity contribution is 5.92. The van der Waals surface area contributed by atoms with Gasteiger partial charge in [-0.15, -0.1) is 6.42 Å². The largest absolute Gasteiger partial charge is 0.484 e. The summed E-state index contributed by atoms with van der Waals surface area (Å²) in [5, 5.41) is 2.71. The highest BCUT2D eigenvalue weighted by Crippen LogP contribution is 2.13. The van der Waals surface area contributed by atoms with E-state index < -0.39 is 0 Å². The van der Waals surface area contributed by atoms with Crippen LogP contribution in [0.4, 0.5) is 11.4 Å². The number of ether oxygens (including phenoxy) is 1. The molecule has 4 heteroatoms. The molecule has 0 aromatic heterocycles. The Kier molecular flexibility index (Phi) is 4.25. The van der Waals surface area contributed by atoms with E-state index in [2.05, 4.69) is 11.2 Å². The Morgan fingerprint density at radius 2 is 2.00 bits per heavy atom. The van der Waals surface area contributed by atoms with Gasteiger partial charge in [-0.2, -0.15) is 0 Å². The molecule has 0 saturated carbocycles. The first kappa shape index (κ1) is 13.5. The zero-order valence-electron chi connectivity index (χ0n) is 10.8. The van der Waals surface area contributed by atoms with Gasteiger partial charge in [-0.05, 0) is 42.5 Å². The van der Waals surface area contributed by atoms with Crippen molar-refractivity contribution >= 4 is 17.3 Å². The van der Waals surface area contributed by atoms with Crippen LogP contribution in [-0.2, 0) is 4.79 Å². The molecule has 0 spiro atoms. The molecule has 2 aromatic carbocycles. The predicted octanol–water partition coefficient (Wildman–Crippen LogP) is 2.27. The van der Waals surface area contributed by atoms with Crippen LogP contribution < -0.4 is 15.8 Å². The monoisotopic (exact) mass is 266 g/mol. The Morgan fingerprint density at radius 3 is 2.70 bits per heavy atom. The molecule has 0 atom stereocenters. The molecule has 0 unspecified atom stereocenters. The van der Waals surface area contributed by atoms with Gasteiger partial charge < -0.3 is 15.8 Å². The van der Waals surface area contributed by atoms with Crippen LogP contribution in [0.25, 0.3) is 0 Å². The van der Waals surface area contributed by atoms with Crippen molar-refractivity contribution in [2.75, 3.05) is 17.7 Å². The molecule has 0 heterocycles. The van der Waals surface area contributed by atoms with E-state index in [9.17, 15) is 4.79 Å². The zero-order chi connectivity index (χ0) is 14.4. The van der Waals surface area contributed by atoms with Gasteiger partial charge in [0.05, 0.1) is 0 Å². The normalized spacial score (nSPS) is 9.55. The number of carbonyl (C=O) groups is 1. The fourth-order valence-electron chi connectivity index (χ4n) is 1.60. The molecule has 4 nitrogen and oxygen atoms in total. The number of terminal acetylenes is 1. The minimum Gasteiger partial charge on any atom is -0.484 e. The lowest BCUT2D eigenvalue weighted by molar-refractivity contribution is -0.118. The fourth-order valence-corrected chi connectivity index (χ4v) is 1.60. The second-order valence-corrected chi connectivity index (χ2v) is 4.13. The molecule has 20 heavy (non-hydrogen) atoms. The number of nitrogens with one attached hydrogen (secondary N) is 1. The van der Waals surface area contributed by atoms with E-state index >= 15 is 0 Å². The lowest BCUT2D eigenvalue weighted by Crippen LogP contribution is -2.20. The van der Waals surface area contributed by atoms with Crippen LogP contribution in [0.3, 0.4) is 0 Å². The summed E-state index contributed by atoms with van der Waals surface area (Å²) >= 11 is 0. The van der Waals surface area contributed by atoms with Crippen LogP contribution in [0.2, 0.25) is 0 Å². The molecule has 0 aliphatic carbocycles. The molecular weight excluding hydrogens is 252 g/mol. The molecule has 3 N–H and O–H groups in total. The third-order valence-electron chi connectivity index (χ3n) is 2.56. The first-order chi connectivity index (χ1) is 9.67. The minimum atomic E-state index is -0.254. The third kappa shape index (κ3) is 3.79. The van der Waals surface area contributed by atoms with E-state index in [0.29, 0.717) is 22.7 Å². The smallest absolute Gasteiger partial charge is 0.262 e. The highest BCUT2D eigenvalue weighted by Gasteiger charge is 2.04. The second kappa shape index (κ2) is 6.30. The number of nitrogen functional groups attached to an aromatic ring is 1. The van der Waals surface area contributed by atoms with Gasteiger partial charge in [0.1, 0.15) is 5.75 Å². The molecular formula is C16H14N2O2. The van der Waals surface area contributed by atoms with Crippen LogP contribution in [-0.4, -0.2) is 12.5 Å². The van der Waals surface area contributed by atoms with E-state index in [1.165, 1.54) is 0 Å². The molecule has 1 amide bonds. The Labute approximate surface area is 117 Å². The average molecular weight is 266 g/mol. The van der Waals surface area contributed by atoms with Gasteiger partial charge >= 0.3 is 0 Å². The molecule has 0 aliphatic heterocycles. The van der Waals surface area contributed by atoms with Crippen LogP contribution in [0.1, 0.15) is 5.56 Å².